The molecular formula is C26H22F8O3. The van der Waals surface area contributed by atoms with Gasteiger partial charge in [0.2, 0.25) is 5.60 Å². The second-order valence-corrected chi connectivity index (χ2v) is 9.16. The van der Waals surface area contributed by atoms with E-state index in [9.17, 15) is 45.0 Å². The van der Waals surface area contributed by atoms with Crippen LogP contribution in [-0.2, 0) is 11.0 Å². The summed E-state index contributed by atoms with van der Waals surface area (Å²) in [6.45, 7) is 3.32. The lowest BCUT2D eigenvalue weighted by atomic mass is 9.76. The molecule has 0 spiro atoms. The average molecular weight is 534 g/mol. The van der Waals surface area contributed by atoms with Gasteiger partial charge in [-0.05, 0) is 42.2 Å². The number of rotatable bonds is 7. The first-order chi connectivity index (χ1) is 17.0. The highest BCUT2D eigenvalue weighted by Crippen LogP contribution is 2.48. The molecule has 0 amide bonds. The van der Waals surface area contributed by atoms with E-state index in [1.54, 1.807) is 13.8 Å². The lowest BCUT2D eigenvalue weighted by Crippen LogP contribution is -2.51. The van der Waals surface area contributed by atoms with E-state index >= 15 is 0 Å². The molecule has 2 unspecified atom stereocenters. The number of carboxylic acids is 1. The predicted octanol–water partition coefficient (Wildman–Crippen LogP) is 7.82. The van der Waals surface area contributed by atoms with Crippen molar-refractivity contribution in [3.8, 4) is 5.75 Å². The first-order valence-electron chi connectivity index (χ1n) is 11.1. The smallest absolute Gasteiger partial charge is 0.432 e. The molecule has 1 aliphatic carbocycles. The largest absolute Gasteiger partial charge is 0.481 e. The van der Waals surface area contributed by atoms with Gasteiger partial charge in [0, 0.05) is 18.1 Å². The maximum absolute atomic E-state index is 14.7. The van der Waals surface area contributed by atoms with Gasteiger partial charge < -0.3 is 9.84 Å². The van der Waals surface area contributed by atoms with Crippen LogP contribution in [0.15, 0.2) is 60.2 Å². The van der Waals surface area contributed by atoms with Crippen molar-refractivity contribution in [2.75, 3.05) is 0 Å². The van der Waals surface area contributed by atoms with Gasteiger partial charge in [0.25, 0.3) is 0 Å². The maximum Gasteiger partial charge on any atom is 0.432 e. The standard InChI is InChI=1S/C26H22F8O3/c1-14(2)7-21(23(35)36)16-8-15(20-5-3-4-6-22(20)28)12-24(13-16,26(32,33)34)37-19-10-17(25(29,30)31)9-18(27)11-19/h3-6,8-12,14,21H,7,13H2,1-2H3,(H,35,36). The number of allylic oxidation sites excluding steroid dienone is 2. The van der Waals surface area contributed by atoms with E-state index in [4.69, 9.17) is 4.74 Å². The van der Waals surface area contributed by atoms with Crippen LogP contribution in [0.3, 0.4) is 0 Å². The second-order valence-electron chi connectivity index (χ2n) is 9.16. The summed E-state index contributed by atoms with van der Waals surface area (Å²) in [4.78, 5) is 12.0. The van der Waals surface area contributed by atoms with Gasteiger partial charge in [-0.2, -0.15) is 26.3 Å². The minimum Gasteiger partial charge on any atom is -0.481 e. The Morgan fingerprint density at radius 1 is 1.05 bits per heavy atom. The molecule has 3 nitrogen and oxygen atoms in total. The Balaban J connectivity index is 2.25. The Hall–Kier alpha value is -3.37. The average Bonchev–Trinajstić information content (AvgIpc) is 2.75. The van der Waals surface area contributed by atoms with E-state index in [2.05, 4.69) is 0 Å². The third kappa shape index (κ3) is 6.31. The number of hydrogen-bond acceptors (Lipinski definition) is 2. The predicted molar refractivity (Wildman–Crippen MR) is 118 cm³/mol. The summed E-state index contributed by atoms with van der Waals surface area (Å²) in [5.74, 6) is -6.61. The monoisotopic (exact) mass is 534 g/mol. The molecule has 0 bridgehead atoms. The SMILES string of the molecule is CC(C)CC(C(=O)O)C1=CC(c2ccccc2F)=CC(Oc2cc(F)cc(C(F)(F)F)c2)(C(F)(F)F)C1. The maximum atomic E-state index is 14.7. The van der Waals surface area contributed by atoms with Gasteiger partial charge >= 0.3 is 18.3 Å². The number of aliphatic carboxylic acids is 1. The van der Waals surface area contributed by atoms with Crippen LogP contribution in [0.1, 0.15) is 37.8 Å². The normalized spacial score (nSPS) is 19.3. The van der Waals surface area contributed by atoms with Gasteiger partial charge in [0.05, 0.1) is 11.5 Å². The van der Waals surface area contributed by atoms with Gasteiger partial charge in [0.1, 0.15) is 17.4 Å². The highest BCUT2D eigenvalue weighted by molar-refractivity contribution is 5.81. The molecule has 2 atom stereocenters. The highest BCUT2D eigenvalue weighted by Gasteiger charge is 2.58. The summed E-state index contributed by atoms with van der Waals surface area (Å²) >= 11 is 0. The Labute approximate surface area is 207 Å². The Kier molecular flexibility index (Phi) is 7.76. The van der Waals surface area contributed by atoms with Gasteiger partial charge in [-0.15, -0.1) is 0 Å². The molecule has 1 N–H and O–H groups in total. The molecular weight excluding hydrogens is 512 g/mol. The van der Waals surface area contributed by atoms with Crippen molar-refractivity contribution in [3.05, 3.63) is 83.0 Å². The molecule has 200 valence electrons. The molecule has 2 aromatic rings. The summed E-state index contributed by atoms with van der Waals surface area (Å²) in [5.41, 5.74) is -5.95. The van der Waals surface area contributed by atoms with Gasteiger partial charge in [-0.1, -0.05) is 43.7 Å². The lowest BCUT2D eigenvalue weighted by molar-refractivity contribution is -0.229. The Morgan fingerprint density at radius 2 is 1.70 bits per heavy atom. The van der Waals surface area contributed by atoms with Crippen molar-refractivity contribution in [2.24, 2.45) is 11.8 Å². The number of halogens is 8. The van der Waals surface area contributed by atoms with E-state index < -0.39 is 59.2 Å². The molecule has 3 rings (SSSR count). The van der Waals surface area contributed by atoms with Gasteiger partial charge in [-0.25, -0.2) is 8.78 Å². The van der Waals surface area contributed by atoms with Crippen LogP contribution in [0, 0.1) is 23.5 Å². The Bertz CT molecular complexity index is 1230. The van der Waals surface area contributed by atoms with Crippen LogP contribution in [-0.4, -0.2) is 22.9 Å². The number of alkyl halides is 6. The van der Waals surface area contributed by atoms with Crippen LogP contribution >= 0.6 is 0 Å². The van der Waals surface area contributed by atoms with Crippen molar-refractivity contribution < 1.29 is 49.8 Å². The van der Waals surface area contributed by atoms with Crippen molar-refractivity contribution in [2.45, 2.75) is 44.6 Å². The quantitative estimate of drug-likeness (QED) is 0.369. The molecule has 0 aromatic heterocycles. The fourth-order valence-corrected chi connectivity index (χ4v) is 4.16. The van der Waals surface area contributed by atoms with Crippen molar-refractivity contribution >= 4 is 11.5 Å². The molecule has 37 heavy (non-hydrogen) atoms. The molecule has 0 aliphatic heterocycles. The number of hydrogen-bond donors (Lipinski definition) is 1. The Morgan fingerprint density at radius 3 is 2.24 bits per heavy atom. The van der Waals surface area contributed by atoms with E-state index in [1.807, 2.05) is 0 Å². The topological polar surface area (TPSA) is 46.5 Å². The molecule has 0 heterocycles. The molecule has 0 fully saturated rings. The van der Waals surface area contributed by atoms with Crippen LogP contribution in [0.25, 0.3) is 5.57 Å². The zero-order chi connectivity index (χ0) is 27.8. The number of carboxylic acid groups (broad SMARTS) is 1. The van der Waals surface area contributed by atoms with Crippen molar-refractivity contribution in [1.82, 2.24) is 0 Å². The van der Waals surface area contributed by atoms with Crippen LogP contribution in [0.5, 0.6) is 5.75 Å². The lowest BCUT2D eigenvalue weighted by Gasteiger charge is -2.38. The van der Waals surface area contributed by atoms with Crippen LogP contribution in [0.2, 0.25) is 0 Å². The van der Waals surface area contributed by atoms with E-state index in [-0.39, 0.29) is 41.2 Å². The zero-order valence-corrected chi connectivity index (χ0v) is 19.6. The molecule has 0 saturated heterocycles. The summed E-state index contributed by atoms with van der Waals surface area (Å²) in [5, 5.41) is 9.78. The summed E-state index contributed by atoms with van der Waals surface area (Å²) in [6.07, 6.45) is -9.98. The third-order valence-electron chi connectivity index (χ3n) is 5.81. The van der Waals surface area contributed by atoms with Crippen molar-refractivity contribution in [3.63, 3.8) is 0 Å². The minimum absolute atomic E-state index is 0.0716. The first kappa shape index (κ1) is 28.2. The summed E-state index contributed by atoms with van der Waals surface area (Å²) < 4.78 is 117. The molecule has 11 heteroatoms. The molecule has 0 saturated carbocycles. The zero-order valence-electron chi connectivity index (χ0n) is 19.6. The van der Waals surface area contributed by atoms with Crippen molar-refractivity contribution in [1.29, 1.82) is 0 Å². The fourth-order valence-electron chi connectivity index (χ4n) is 4.16. The number of carbonyl (C=O) groups is 1. The van der Waals surface area contributed by atoms with Crippen LogP contribution in [0.4, 0.5) is 35.1 Å². The van der Waals surface area contributed by atoms with E-state index in [1.165, 1.54) is 18.2 Å². The molecule has 2 aromatic carbocycles. The minimum atomic E-state index is -5.32. The van der Waals surface area contributed by atoms with E-state index in [0.717, 1.165) is 12.1 Å². The number of ether oxygens (including phenoxy) is 1. The third-order valence-corrected chi connectivity index (χ3v) is 5.81. The van der Waals surface area contributed by atoms with Gasteiger partial charge in [0.15, 0.2) is 0 Å². The second kappa shape index (κ2) is 10.2. The first-order valence-corrected chi connectivity index (χ1v) is 11.1. The van der Waals surface area contributed by atoms with Crippen LogP contribution < -0.4 is 4.74 Å². The summed E-state index contributed by atoms with van der Waals surface area (Å²) in [7, 11) is 0. The fraction of sp³-hybridized carbons (Fsp3) is 0.346. The summed E-state index contributed by atoms with van der Waals surface area (Å²) in [6, 6.07) is 5.48. The molecule has 1 aliphatic rings. The van der Waals surface area contributed by atoms with E-state index in [0.29, 0.717) is 12.1 Å². The highest BCUT2D eigenvalue weighted by atomic mass is 19.4. The molecule has 0 radical (unpaired) electrons. The van der Waals surface area contributed by atoms with Gasteiger partial charge in [-0.3, -0.25) is 4.79 Å². The number of benzene rings is 2.